The lowest BCUT2D eigenvalue weighted by molar-refractivity contribution is 0.148. The van der Waals surface area contributed by atoms with E-state index in [9.17, 15) is 0 Å². The summed E-state index contributed by atoms with van der Waals surface area (Å²) in [7, 11) is 0. The highest BCUT2D eigenvalue weighted by atomic mass is 79.9. The molecule has 19 heavy (non-hydrogen) atoms. The maximum atomic E-state index is 5.84. The molecule has 0 saturated carbocycles. The number of hydrogen-bond acceptors (Lipinski definition) is 3. The summed E-state index contributed by atoms with van der Waals surface area (Å²) in [5, 5.41) is 0. The lowest BCUT2D eigenvalue weighted by Gasteiger charge is -2.12. The first-order valence-electron chi connectivity index (χ1n) is 6.14. The zero-order valence-electron chi connectivity index (χ0n) is 10.3. The second-order valence-electron chi connectivity index (χ2n) is 4.58. The van der Waals surface area contributed by atoms with Crippen LogP contribution in [0.1, 0.15) is 5.56 Å². The van der Waals surface area contributed by atoms with Crippen LogP contribution in [0.15, 0.2) is 46.9 Å². The van der Waals surface area contributed by atoms with Crippen molar-refractivity contribution in [3.63, 3.8) is 0 Å². The third kappa shape index (κ3) is 2.84. The van der Waals surface area contributed by atoms with Crippen LogP contribution in [0.4, 0.5) is 5.69 Å². The van der Waals surface area contributed by atoms with E-state index in [1.54, 1.807) is 0 Å². The Bertz CT molecular complexity index is 583. The molecule has 0 bridgehead atoms. The van der Waals surface area contributed by atoms with Gasteiger partial charge in [0.15, 0.2) is 0 Å². The fourth-order valence-electron chi connectivity index (χ4n) is 2.14. The molecule has 0 aromatic heterocycles. The molecule has 0 amide bonds. The van der Waals surface area contributed by atoms with E-state index in [1.807, 2.05) is 36.4 Å². The van der Waals surface area contributed by atoms with Gasteiger partial charge in [-0.05, 0) is 48.0 Å². The van der Waals surface area contributed by atoms with E-state index in [2.05, 4.69) is 22.0 Å². The predicted octanol–water partition coefficient (Wildman–Crippen LogP) is 3.41. The van der Waals surface area contributed by atoms with Crippen LogP contribution in [0.5, 0.6) is 11.5 Å². The Hall–Kier alpha value is -1.68. The Morgan fingerprint density at radius 1 is 1.21 bits per heavy atom. The monoisotopic (exact) mass is 319 g/mol. The van der Waals surface area contributed by atoms with Gasteiger partial charge in [-0.2, -0.15) is 0 Å². The molecule has 1 aliphatic rings. The number of halogens is 1. The van der Waals surface area contributed by atoms with Crippen LogP contribution in [-0.2, 0) is 6.42 Å². The lowest BCUT2D eigenvalue weighted by Crippen LogP contribution is -2.22. The van der Waals surface area contributed by atoms with E-state index < -0.39 is 0 Å². The Kier molecular flexibility index (Phi) is 3.34. The molecule has 1 atom stereocenters. The Balaban J connectivity index is 1.60. The lowest BCUT2D eigenvalue weighted by atomic mass is 10.1. The van der Waals surface area contributed by atoms with E-state index in [0.717, 1.165) is 28.1 Å². The minimum atomic E-state index is 0.0712. The standard InChI is InChI=1S/C15H14BrNO2/c16-11-1-6-15-10(7-11)8-14(19-15)9-18-13-4-2-12(17)3-5-13/h1-7,14H,8-9,17H2. The molecule has 0 aliphatic carbocycles. The minimum absolute atomic E-state index is 0.0712. The first-order valence-corrected chi connectivity index (χ1v) is 6.93. The second-order valence-corrected chi connectivity index (χ2v) is 5.49. The summed E-state index contributed by atoms with van der Waals surface area (Å²) in [6.07, 6.45) is 0.950. The number of nitrogen functional groups attached to an aromatic ring is 1. The summed E-state index contributed by atoms with van der Waals surface area (Å²) in [5.41, 5.74) is 7.59. The number of benzene rings is 2. The smallest absolute Gasteiger partial charge is 0.137 e. The van der Waals surface area contributed by atoms with Gasteiger partial charge in [0.2, 0.25) is 0 Å². The minimum Gasteiger partial charge on any atom is -0.490 e. The average molecular weight is 320 g/mol. The molecule has 2 N–H and O–H groups in total. The van der Waals surface area contributed by atoms with E-state index in [1.165, 1.54) is 5.56 Å². The topological polar surface area (TPSA) is 44.5 Å². The van der Waals surface area contributed by atoms with Gasteiger partial charge in [0.1, 0.15) is 24.2 Å². The third-order valence-electron chi connectivity index (χ3n) is 3.08. The second kappa shape index (κ2) is 5.13. The first kappa shape index (κ1) is 12.4. The van der Waals surface area contributed by atoms with Crippen LogP contribution >= 0.6 is 15.9 Å². The first-order chi connectivity index (χ1) is 9.20. The highest BCUT2D eigenvalue weighted by Gasteiger charge is 2.23. The highest BCUT2D eigenvalue weighted by molar-refractivity contribution is 9.10. The quantitative estimate of drug-likeness (QED) is 0.882. The molecule has 1 heterocycles. The van der Waals surface area contributed by atoms with Crippen molar-refractivity contribution < 1.29 is 9.47 Å². The van der Waals surface area contributed by atoms with Crippen molar-refractivity contribution in [2.45, 2.75) is 12.5 Å². The number of anilines is 1. The van der Waals surface area contributed by atoms with Crippen molar-refractivity contribution in [1.29, 1.82) is 0 Å². The van der Waals surface area contributed by atoms with Crippen molar-refractivity contribution in [1.82, 2.24) is 0 Å². The molecule has 0 fully saturated rings. The van der Waals surface area contributed by atoms with Gasteiger partial charge in [-0.3, -0.25) is 0 Å². The summed E-state index contributed by atoms with van der Waals surface area (Å²) < 4.78 is 12.6. The normalized spacial score (nSPS) is 16.8. The third-order valence-corrected chi connectivity index (χ3v) is 3.57. The van der Waals surface area contributed by atoms with Gasteiger partial charge in [0, 0.05) is 16.6 Å². The average Bonchev–Trinajstić information content (AvgIpc) is 2.80. The van der Waals surface area contributed by atoms with Crippen molar-refractivity contribution >= 4 is 21.6 Å². The van der Waals surface area contributed by atoms with Gasteiger partial charge in [-0.15, -0.1) is 0 Å². The van der Waals surface area contributed by atoms with Crippen LogP contribution < -0.4 is 15.2 Å². The SMILES string of the molecule is Nc1ccc(OCC2Cc3cc(Br)ccc3O2)cc1. The molecule has 1 unspecified atom stereocenters. The number of ether oxygens (including phenoxy) is 2. The molecular formula is C15H14BrNO2. The fourth-order valence-corrected chi connectivity index (χ4v) is 2.54. The number of rotatable bonds is 3. The van der Waals surface area contributed by atoms with E-state index in [0.29, 0.717) is 6.61 Å². The fraction of sp³-hybridized carbons (Fsp3) is 0.200. The van der Waals surface area contributed by atoms with Crippen LogP contribution in [-0.4, -0.2) is 12.7 Å². The van der Waals surface area contributed by atoms with Crippen molar-refractivity contribution in [3.05, 3.63) is 52.5 Å². The molecule has 4 heteroatoms. The largest absolute Gasteiger partial charge is 0.490 e. The number of fused-ring (bicyclic) bond motifs is 1. The van der Waals surface area contributed by atoms with E-state index in [4.69, 9.17) is 15.2 Å². The molecule has 0 radical (unpaired) electrons. The van der Waals surface area contributed by atoms with Crippen LogP contribution in [0.3, 0.4) is 0 Å². The van der Waals surface area contributed by atoms with E-state index in [-0.39, 0.29) is 6.10 Å². The molecule has 0 saturated heterocycles. The highest BCUT2D eigenvalue weighted by Crippen LogP contribution is 2.31. The van der Waals surface area contributed by atoms with Crippen LogP contribution in [0.25, 0.3) is 0 Å². The van der Waals surface area contributed by atoms with Gasteiger partial charge >= 0.3 is 0 Å². The molecular weight excluding hydrogens is 306 g/mol. The predicted molar refractivity (Wildman–Crippen MR) is 78.6 cm³/mol. The summed E-state index contributed by atoms with van der Waals surface area (Å²) >= 11 is 3.47. The van der Waals surface area contributed by atoms with Gasteiger partial charge in [-0.1, -0.05) is 15.9 Å². The van der Waals surface area contributed by atoms with Gasteiger partial charge in [0.25, 0.3) is 0 Å². The van der Waals surface area contributed by atoms with Crippen molar-refractivity contribution in [3.8, 4) is 11.5 Å². The zero-order valence-corrected chi connectivity index (χ0v) is 11.9. The molecule has 98 valence electrons. The Morgan fingerprint density at radius 2 is 2.00 bits per heavy atom. The summed E-state index contributed by atoms with van der Waals surface area (Å²) in [6.45, 7) is 0.538. The van der Waals surface area contributed by atoms with Crippen LogP contribution in [0.2, 0.25) is 0 Å². The van der Waals surface area contributed by atoms with Crippen LogP contribution in [0, 0.1) is 0 Å². The molecule has 2 aromatic rings. The molecule has 2 aromatic carbocycles. The molecule has 3 rings (SSSR count). The summed E-state index contributed by atoms with van der Waals surface area (Å²) in [4.78, 5) is 0. The van der Waals surface area contributed by atoms with Gasteiger partial charge < -0.3 is 15.2 Å². The summed E-state index contributed by atoms with van der Waals surface area (Å²) in [5.74, 6) is 1.77. The Morgan fingerprint density at radius 3 is 2.79 bits per heavy atom. The molecule has 1 aliphatic heterocycles. The maximum absolute atomic E-state index is 5.84. The van der Waals surface area contributed by atoms with Crippen molar-refractivity contribution in [2.75, 3.05) is 12.3 Å². The molecule has 3 nitrogen and oxygen atoms in total. The number of nitrogens with two attached hydrogens (primary N) is 1. The molecule has 0 spiro atoms. The summed E-state index contributed by atoms with van der Waals surface area (Å²) in [6, 6.07) is 13.5. The number of hydrogen-bond donors (Lipinski definition) is 1. The van der Waals surface area contributed by atoms with Crippen molar-refractivity contribution in [2.24, 2.45) is 0 Å². The maximum Gasteiger partial charge on any atom is 0.137 e. The zero-order chi connectivity index (χ0) is 13.2. The van der Waals surface area contributed by atoms with Gasteiger partial charge in [-0.25, -0.2) is 0 Å². The van der Waals surface area contributed by atoms with Gasteiger partial charge in [0.05, 0.1) is 0 Å². The Labute approximate surface area is 120 Å². The van der Waals surface area contributed by atoms with E-state index >= 15 is 0 Å².